The van der Waals surface area contributed by atoms with E-state index in [1.807, 2.05) is 11.6 Å². The first-order chi connectivity index (χ1) is 9.81. The number of fused-ring (bicyclic) bond motifs is 1. The Morgan fingerprint density at radius 3 is 3.05 bits per heavy atom. The lowest BCUT2D eigenvalue weighted by atomic mass is 10.3. The Kier molecular flexibility index (Phi) is 5.78. The van der Waals surface area contributed by atoms with Crippen LogP contribution in [0.2, 0.25) is 0 Å². The van der Waals surface area contributed by atoms with Gasteiger partial charge in [-0.05, 0) is 6.54 Å². The number of nitrogens with zero attached hydrogens (tertiary/aromatic N) is 3. The summed E-state index contributed by atoms with van der Waals surface area (Å²) in [5, 5.41) is 14.6. The van der Waals surface area contributed by atoms with E-state index in [2.05, 4.69) is 21.5 Å². The Labute approximate surface area is 123 Å². The Balaban J connectivity index is 2.30. The molecule has 0 saturated heterocycles. The molecule has 112 valence electrons. The van der Waals surface area contributed by atoms with E-state index in [1.54, 1.807) is 18.4 Å². The number of hydrogen-bond acceptors (Lipinski definition) is 6. The zero-order chi connectivity index (χ0) is 14.4. The van der Waals surface area contributed by atoms with Crippen LogP contribution in [0.1, 0.15) is 12.6 Å². The molecule has 2 N–H and O–H groups in total. The fraction of sp³-hybridized carbons (Fsp3) is 0.615. The van der Waals surface area contributed by atoms with Gasteiger partial charge >= 0.3 is 0 Å². The number of aliphatic hydroxyl groups is 1. The lowest BCUT2D eigenvalue weighted by Gasteiger charge is -2.22. The predicted octanol–water partition coefficient (Wildman–Crippen LogP) is 0.950. The molecule has 0 radical (unpaired) electrons. The minimum absolute atomic E-state index is 0.107. The van der Waals surface area contributed by atoms with Gasteiger partial charge in [0.1, 0.15) is 0 Å². The quantitative estimate of drug-likeness (QED) is 0.722. The molecule has 0 unspecified atom stereocenters. The molecule has 2 aromatic heterocycles. The van der Waals surface area contributed by atoms with Crippen LogP contribution in [0.3, 0.4) is 0 Å². The molecule has 0 bridgehead atoms. The smallest absolute Gasteiger partial charge is 0.195 e. The summed E-state index contributed by atoms with van der Waals surface area (Å²) in [5.41, 5.74) is 1.13. The molecule has 0 saturated carbocycles. The Bertz CT molecular complexity index is 525. The molecule has 2 heterocycles. The van der Waals surface area contributed by atoms with E-state index in [1.165, 1.54) is 0 Å². The van der Waals surface area contributed by atoms with Gasteiger partial charge in [0.2, 0.25) is 0 Å². The summed E-state index contributed by atoms with van der Waals surface area (Å²) in [7, 11) is 1.68. The van der Waals surface area contributed by atoms with Gasteiger partial charge in [-0.3, -0.25) is 4.40 Å². The van der Waals surface area contributed by atoms with Gasteiger partial charge in [-0.1, -0.05) is 6.92 Å². The number of thiazole rings is 1. The highest BCUT2D eigenvalue weighted by atomic mass is 32.1. The van der Waals surface area contributed by atoms with Crippen molar-refractivity contribution in [1.82, 2.24) is 14.7 Å². The number of aliphatic hydroxyl groups excluding tert-OH is 1. The second-order valence-electron chi connectivity index (χ2n) is 4.42. The zero-order valence-electron chi connectivity index (χ0n) is 12.0. The number of rotatable bonds is 9. The summed E-state index contributed by atoms with van der Waals surface area (Å²) in [6.45, 7) is 5.77. The number of methoxy groups -OCH3 is 1. The normalized spacial score (nSPS) is 11.3. The van der Waals surface area contributed by atoms with E-state index in [9.17, 15) is 5.11 Å². The van der Waals surface area contributed by atoms with Gasteiger partial charge in [-0.2, -0.15) is 0 Å². The van der Waals surface area contributed by atoms with Crippen LogP contribution < -0.4 is 10.2 Å². The molecular weight excluding hydrogens is 276 g/mol. The molecule has 0 aliphatic carbocycles. The van der Waals surface area contributed by atoms with Gasteiger partial charge in [0.25, 0.3) is 0 Å². The van der Waals surface area contributed by atoms with E-state index in [0.29, 0.717) is 13.2 Å². The maximum Gasteiger partial charge on any atom is 0.195 e. The van der Waals surface area contributed by atoms with E-state index in [-0.39, 0.29) is 6.61 Å². The number of anilines is 1. The first-order valence-electron chi connectivity index (χ1n) is 6.81. The van der Waals surface area contributed by atoms with Crippen molar-refractivity contribution < 1.29 is 9.84 Å². The zero-order valence-corrected chi connectivity index (χ0v) is 12.8. The summed E-state index contributed by atoms with van der Waals surface area (Å²) >= 11 is 1.62. The molecule has 0 fully saturated rings. The van der Waals surface area contributed by atoms with Crippen LogP contribution in [0.4, 0.5) is 5.82 Å². The van der Waals surface area contributed by atoms with Crippen molar-refractivity contribution >= 4 is 22.1 Å². The number of ether oxygens (including phenoxy) is 1. The van der Waals surface area contributed by atoms with Crippen molar-refractivity contribution in [2.45, 2.75) is 13.5 Å². The number of nitrogens with one attached hydrogen (secondary N) is 1. The molecule has 0 aliphatic rings. The van der Waals surface area contributed by atoms with Crippen molar-refractivity contribution in [3.05, 3.63) is 17.3 Å². The van der Waals surface area contributed by atoms with Crippen molar-refractivity contribution in [1.29, 1.82) is 0 Å². The highest BCUT2D eigenvalue weighted by molar-refractivity contribution is 7.15. The highest BCUT2D eigenvalue weighted by Gasteiger charge is 2.18. The molecule has 0 aliphatic heterocycles. The molecule has 0 spiro atoms. The van der Waals surface area contributed by atoms with Gasteiger partial charge in [-0.25, -0.2) is 4.98 Å². The fourth-order valence-electron chi connectivity index (χ4n) is 2.13. The highest BCUT2D eigenvalue weighted by Crippen LogP contribution is 2.24. The average Bonchev–Trinajstić information content (AvgIpc) is 3.02. The summed E-state index contributed by atoms with van der Waals surface area (Å²) in [4.78, 5) is 7.76. The standard InChI is InChI=1S/C13H22N4O2S/c1-3-14-10-11-12(15-13-17(11)6-9-20-13)16(4-7-18)5-8-19-2/h6,9,14,18H,3-5,7-8,10H2,1-2H3. The van der Waals surface area contributed by atoms with Gasteiger partial charge in [0, 0.05) is 38.3 Å². The molecule has 7 heteroatoms. The van der Waals surface area contributed by atoms with E-state index < -0.39 is 0 Å². The van der Waals surface area contributed by atoms with Gasteiger partial charge in [0.15, 0.2) is 10.8 Å². The van der Waals surface area contributed by atoms with Gasteiger partial charge in [0.05, 0.1) is 18.9 Å². The van der Waals surface area contributed by atoms with Crippen LogP contribution in [0.25, 0.3) is 4.96 Å². The summed E-state index contributed by atoms with van der Waals surface area (Å²) < 4.78 is 7.26. The summed E-state index contributed by atoms with van der Waals surface area (Å²) in [6.07, 6.45) is 2.04. The maximum absolute atomic E-state index is 9.26. The van der Waals surface area contributed by atoms with Crippen molar-refractivity contribution in [3.8, 4) is 0 Å². The van der Waals surface area contributed by atoms with Crippen molar-refractivity contribution in [3.63, 3.8) is 0 Å². The Morgan fingerprint density at radius 2 is 2.35 bits per heavy atom. The molecule has 20 heavy (non-hydrogen) atoms. The fourth-order valence-corrected chi connectivity index (χ4v) is 2.86. The first kappa shape index (κ1) is 15.2. The average molecular weight is 298 g/mol. The van der Waals surface area contributed by atoms with E-state index >= 15 is 0 Å². The maximum atomic E-state index is 9.26. The molecular formula is C13H22N4O2S. The molecule has 2 aromatic rings. The minimum atomic E-state index is 0.107. The minimum Gasteiger partial charge on any atom is -0.395 e. The molecule has 0 atom stereocenters. The lowest BCUT2D eigenvalue weighted by Crippen LogP contribution is -2.32. The van der Waals surface area contributed by atoms with Crippen molar-refractivity contribution in [2.75, 3.05) is 44.9 Å². The van der Waals surface area contributed by atoms with E-state index in [0.717, 1.165) is 36.1 Å². The second kappa shape index (κ2) is 7.58. The summed E-state index contributed by atoms with van der Waals surface area (Å²) in [5.74, 6) is 0.934. The number of hydrogen-bond donors (Lipinski definition) is 2. The second-order valence-corrected chi connectivity index (χ2v) is 5.29. The van der Waals surface area contributed by atoms with Crippen LogP contribution >= 0.6 is 11.3 Å². The van der Waals surface area contributed by atoms with Crippen LogP contribution in [0.5, 0.6) is 0 Å². The predicted molar refractivity (Wildman–Crippen MR) is 81.6 cm³/mol. The molecule has 0 aromatic carbocycles. The SMILES string of the molecule is CCNCc1c(N(CCO)CCOC)nc2sccn12. The van der Waals surface area contributed by atoms with Crippen LogP contribution in [-0.2, 0) is 11.3 Å². The number of imidazole rings is 1. The Hall–Kier alpha value is -1.15. The Morgan fingerprint density at radius 1 is 1.50 bits per heavy atom. The van der Waals surface area contributed by atoms with Gasteiger partial charge < -0.3 is 20.1 Å². The van der Waals surface area contributed by atoms with Gasteiger partial charge in [-0.15, -0.1) is 11.3 Å². The molecule has 0 amide bonds. The van der Waals surface area contributed by atoms with Crippen molar-refractivity contribution in [2.24, 2.45) is 0 Å². The molecule has 2 rings (SSSR count). The monoisotopic (exact) mass is 298 g/mol. The molecule has 6 nitrogen and oxygen atoms in total. The third-order valence-corrected chi connectivity index (χ3v) is 3.87. The lowest BCUT2D eigenvalue weighted by molar-refractivity contribution is 0.202. The summed E-state index contributed by atoms with van der Waals surface area (Å²) in [6, 6.07) is 0. The van der Waals surface area contributed by atoms with Crippen LogP contribution in [0, 0.1) is 0 Å². The topological polar surface area (TPSA) is 62.0 Å². The number of aromatic nitrogens is 2. The first-order valence-corrected chi connectivity index (χ1v) is 7.69. The largest absolute Gasteiger partial charge is 0.395 e. The third kappa shape index (κ3) is 3.29. The van der Waals surface area contributed by atoms with Crippen LogP contribution in [0.15, 0.2) is 11.6 Å². The van der Waals surface area contributed by atoms with E-state index in [4.69, 9.17) is 9.72 Å². The van der Waals surface area contributed by atoms with Crippen LogP contribution in [-0.4, -0.2) is 54.4 Å². The third-order valence-electron chi connectivity index (χ3n) is 3.12.